The summed E-state index contributed by atoms with van der Waals surface area (Å²) in [5, 5.41) is 37.2. The van der Waals surface area contributed by atoms with E-state index in [1.807, 2.05) is 0 Å². The Labute approximate surface area is 468 Å². The number of likely N-dealkylation sites (tertiary alicyclic amines) is 5. The second-order valence-corrected chi connectivity index (χ2v) is 21.8. The van der Waals surface area contributed by atoms with Gasteiger partial charge in [0.05, 0.1) is 0 Å². The van der Waals surface area contributed by atoms with E-state index in [1.54, 1.807) is 24.3 Å². The van der Waals surface area contributed by atoms with Gasteiger partial charge in [0, 0.05) is 38.6 Å². The van der Waals surface area contributed by atoms with E-state index < -0.39 is 0 Å². The van der Waals surface area contributed by atoms with Gasteiger partial charge in [-0.15, -0.1) is 11.6 Å². The smallest absolute Gasteiger partial charge is 0.161 e. The number of alkyl halides is 1. The Morgan fingerprint density at radius 1 is 0.325 bits per heavy atom. The van der Waals surface area contributed by atoms with Crippen LogP contribution in [0.1, 0.15) is 120 Å². The molecule has 0 aliphatic carbocycles. The molecule has 0 atom stereocenters. The molecule has 0 radical (unpaired) electrons. The van der Waals surface area contributed by atoms with E-state index in [-0.39, 0.29) is 30.4 Å². The third-order valence-corrected chi connectivity index (χ3v) is 15.7. The molecule has 0 unspecified atom stereocenters. The molecule has 428 valence electrons. The molecule has 77 heavy (non-hydrogen) atoms. The normalized spacial score (nSPS) is 17.2. The van der Waals surface area contributed by atoms with E-state index in [1.165, 1.54) is 153 Å². The summed E-state index contributed by atoms with van der Waals surface area (Å²) < 4.78 is 25.3. The molecule has 5 fully saturated rings. The third kappa shape index (κ3) is 22.6. The molecule has 9 rings (SSSR count). The summed E-state index contributed by atoms with van der Waals surface area (Å²) in [6.07, 6.45) is 21.1. The molecule has 5 heterocycles. The second-order valence-electron chi connectivity index (χ2n) is 21.4. The van der Waals surface area contributed by atoms with Crippen LogP contribution in [0.15, 0.2) is 72.8 Å². The molecule has 0 saturated carbocycles. The summed E-state index contributed by atoms with van der Waals surface area (Å²) in [4.78, 5) is 12.4. The maximum atomic E-state index is 9.39. The highest BCUT2D eigenvalue weighted by atomic mass is 35.5. The molecule has 4 N–H and O–H groups in total. The Kier molecular flexibility index (Phi) is 28.1. The van der Waals surface area contributed by atoms with Gasteiger partial charge in [-0.25, -0.2) is 0 Å². The highest BCUT2D eigenvalue weighted by Gasteiger charge is 2.17. The van der Waals surface area contributed by atoms with Crippen LogP contribution in [0.3, 0.4) is 0 Å². The fraction of sp³-hybridized carbons (Fsp3) is 0.619. The number of rotatable bonds is 28. The van der Waals surface area contributed by atoms with Gasteiger partial charge in [-0.1, -0.05) is 31.7 Å². The zero-order valence-electron chi connectivity index (χ0n) is 45.8. The average molecular weight is 1090 g/mol. The summed E-state index contributed by atoms with van der Waals surface area (Å²) in [6.45, 7) is 20.0. The summed E-state index contributed by atoms with van der Waals surface area (Å²) >= 11 is 5.54. The number of hydrogen-bond donors (Lipinski definition) is 4. The van der Waals surface area contributed by atoms with Gasteiger partial charge < -0.3 is 44.3 Å². The fourth-order valence-electron chi connectivity index (χ4n) is 10.9. The quantitative estimate of drug-likeness (QED) is 0.0245. The first-order valence-corrected chi connectivity index (χ1v) is 29.8. The maximum absolute atomic E-state index is 9.39. The molecule has 5 aliphatic heterocycles. The largest absolute Gasteiger partial charge is 0.504 e. The zero-order valence-corrected chi connectivity index (χ0v) is 46.6. The second kappa shape index (κ2) is 35.1. The van der Waals surface area contributed by atoms with E-state index in [2.05, 4.69) is 60.9 Å². The minimum atomic E-state index is -0.103. The van der Waals surface area contributed by atoms with Gasteiger partial charge in [0.15, 0.2) is 46.0 Å². The molecule has 0 spiro atoms. The van der Waals surface area contributed by atoms with Gasteiger partial charge in [-0.3, -0.25) is 19.6 Å². The van der Waals surface area contributed by atoms with E-state index in [4.69, 9.17) is 30.5 Å². The van der Waals surface area contributed by atoms with Gasteiger partial charge in [0.1, 0.15) is 26.4 Å². The van der Waals surface area contributed by atoms with Crippen LogP contribution in [0.2, 0.25) is 0 Å². The summed E-state index contributed by atoms with van der Waals surface area (Å²) in [6, 6.07) is 22.9. The fourth-order valence-corrected chi connectivity index (χ4v) is 11.2. The standard InChI is InChI=1S/C40H62N4O4.C16H18O4.C6H12ClN.CH4/c1(11-35-13-15-37(45-29-25-41-17-3-4-18-41)39(33-35)47-31-27-43-21-7-8-22-43)2-12-36-14-16-38(46-30-26-42-19-5-6-20-42)40(34-36)48-32-28-44-23-9-10-24-44;17-13-7-5-11(9-15(13)19)3-1-2-4-12-6-8-14(18)16(20)10-12;7-3-6-8-4-1-2-5-8;/h13-16,33-34H,1-12,17-32H2;5-10,17-20H,1-4H2;1-6H2;1H4. The van der Waals surface area contributed by atoms with Gasteiger partial charge in [0.25, 0.3) is 0 Å². The number of phenols is 4. The number of benzene rings is 4. The summed E-state index contributed by atoms with van der Waals surface area (Å²) in [7, 11) is 0. The molecular weight excluding hydrogens is 990 g/mol. The van der Waals surface area contributed by atoms with Crippen LogP contribution in [0.5, 0.6) is 46.0 Å². The third-order valence-electron chi connectivity index (χ3n) is 15.5. The molecular formula is C63H96ClN5O8. The Balaban J connectivity index is 0.000000271. The average Bonchev–Trinajstić information content (AvgIpc) is 4.30. The first-order valence-electron chi connectivity index (χ1n) is 29.2. The minimum absolute atomic E-state index is 0. The number of unbranched alkanes of at least 4 members (excludes halogenated alkanes) is 2. The number of halogens is 1. The van der Waals surface area contributed by atoms with E-state index in [9.17, 15) is 20.4 Å². The van der Waals surface area contributed by atoms with Crippen LogP contribution >= 0.6 is 11.6 Å². The van der Waals surface area contributed by atoms with Crippen molar-refractivity contribution in [3.63, 3.8) is 0 Å². The van der Waals surface area contributed by atoms with Crippen molar-refractivity contribution in [2.24, 2.45) is 0 Å². The number of ether oxygens (including phenoxy) is 4. The van der Waals surface area contributed by atoms with E-state index in [0.717, 1.165) is 124 Å². The molecule has 4 aromatic carbocycles. The number of aryl methyl sites for hydroxylation is 4. The lowest BCUT2D eigenvalue weighted by Crippen LogP contribution is -2.26. The molecule has 5 saturated heterocycles. The summed E-state index contributed by atoms with van der Waals surface area (Å²) in [5.41, 5.74) is 4.61. The first-order chi connectivity index (χ1) is 37.3. The lowest BCUT2D eigenvalue weighted by molar-refractivity contribution is 0.210. The van der Waals surface area contributed by atoms with Crippen molar-refractivity contribution in [1.82, 2.24) is 24.5 Å². The van der Waals surface area contributed by atoms with Gasteiger partial charge >= 0.3 is 0 Å². The minimum Gasteiger partial charge on any atom is -0.504 e. The lowest BCUT2D eigenvalue weighted by atomic mass is 10.0. The zero-order chi connectivity index (χ0) is 53.0. The van der Waals surface area contributed by atoms with E-state index >= 15 is 0 Å². The highest BCUT2D eigenvalue weighted by Crippen LogP contribution is 2.32. The Morgan fingerprint density at radius 2 is 0.584 bits per heavy atom. The molecule has 0 bridgehead atoms. The van der Waals surface area contributed by atoms with Crippen molar-refractivity contribution in [2.75, 3.05) is 130 Å². The van der Waals surface area contributed by atoms with Crippen LogP contribution in [0.4, 0.5) is 0 Å². The van der Waals surface area contributed by atoms with Crippen molar-refractivity contribution in [3.05, 3.63) is 95.1 Å². The molecule has 0 amide bonds. The Hall–Kier alpha value is -4.63. The topological polar surface area (TPSA) is 134 Å². The van der Waals surface area contributed by atoms with Crippen molar-refractivity contribution in [3.8, 4) is 46.0 Å². The van der Waals surface area contributed by atoms with E-state index in [0.29, 0.717) is 26.4 Å². The first kappa shape index (κ1) is 61.6. The van der Waals surface area contributed by atoms with Crippen molar-refractivity contribution in [2.45, 2.75) is 123 Å². The monoisotopic (exact) mass is 1090 g/mol. The Morgan fingerprint density at radius 3 is 0.870 bits per heavy atom. The van der Waals surface area contributed by atoms with Crippen molar-refractivity contribution < 1.29 is 39.4 Å². The number of aromatic hydroxyl groups is 4. The number of hydrogen-bond acceptors (Lipinski definition) is 13. The van der Waals surface area contributed by atoms with Crippen LogP contribution in [-0.4, -0.2) is 175 Å². The van der Waals surface area contributed by atoms with Crippen LogP contribution in [0.25, 0.3) is 0 Å². The predicted molar refractivity (Wildman–Crippen MR) is 314 cm³/mol. The predicted octanol–water partition coefficient (Wildman–Crippen LogP) is 11.2. The van der Waals surface area contributed by atoms with Crippen molar-refractivity contribution >= 4 is 11.6 Å². The number of nitrogens with zero attached hydrogens (tertiary/aromatic N) is 5. The van der Waals surface area contributed by atoms with Crippen LogP contribution in [-0.2, 0) is 25.7 Å². The lowest BCUT2D eigenvalue weighted by Gasteiger charge is -2.19. The van der Waals surface area contributed by atoms with Gasteiger partial charge in [-0.2, -0.15) is 0 Å². The highest BCUT2D eigenvalue weighted by molar-refractivity contribution is 6.18. The van der Waals surface area contributed by atoms with Crippen LogP contribution < -0.4 is 18.9 Å². The SMILES string of the molecule is C.ClCCN1CCCC1.Oc1ccc(CCCCc2ccc(O)c(O)c2)cc1O.c1cc(OCCN2CCCC2)c(OCCN2CCCC2)cc1CCCCc1ccc(OCCN2CCCC2)c(OCCN2CCCC2)c1. The Bertz CT molecular complexity index is 2090. The molecule has 13 nitrogen and oxygen atoms in total. The molecule has 0 aromatic heterocycles. The summed E-state index contributed by atoms with van der Waals surface area (Å²) in [5.74, 6) is 3.99. The van der Waals surface area contributed by atoms with Gasteiger partial charge in [0.2, 0.25) is 0 Å². The maximum Gasteiger partial charge on any atom is 0.161 e. The molecule has 4 aromatic rings. The molecule has 5 aliphatic rings. The van der Waals surface area contributed by atoms with Gasteiger partial charge in [-0.05, 0) is 252 Å². The van der Waals surface area contributed by atoms with Crippen molar-refractivity contribution in [1.29, 1.82) is 0 Å². The number of phenolic OH excluding ortho intramolecular Hbond substituents is 4. The van der Waals surface area contributed by atoms with Crippen LogP contribution in [0, 0.1) is 0 Å². The molecule has 14 heteroatoms.